The fourth-order valence-electron chi connectivity index (χ4n) is 1.59. The Hall–Kier alpha value is -1.88. The van der Waals surface area contributed by atoms with Gasteiger partial charge >= 0.3 is 6.36 Å². The lowest BCUT2D eigenvalue weighted by Crippen LogP contribution is -2.17. The normalized spacial score (nSPS) is 11.4. The second-order valence-corrected chi connectivity index (χ2v) is 4.12. The van der Waals surface area contributed by atoms with E-state index >= 15 is 0 Å². The lowest BCUT2D eigenvalue weighted by atomic mass is 10.0. The molecule has 0 heterocycles. The van der Waals surface area contributed by atoms with Gasteiger partial charge in [0, 0.05) is 5.56 Å². The highest BCUT2D eigenvalue weighted by molar-refractivity contribution is 6.32. The molecule has 0 aliphatic carbocycles. The van der Waals surface area contributed by atoms with Crippen molar-refractivity contribution in [3.8, 4) is 22.6 Å². The average molecular weight is 289 g/mol. The van der Waals surface area contributed by atoms with Crippen LogP contribution in [0.15, 0.2) is 42.5 Å². The first-order chi connectivity index (χ1) is 8.87. The van der Waals surface area contributed by atoms with E-state index in [1.165, 1.54) is 36.4 Å². The van der Waals surface area contributed by atoms with Crippen LogP contribution < -0.4 is 4.74 Å². The van der Waals surface area contributed by atoms with Gasteiger partial charge in [0.25, 0.3) is 0 Å². The number of phenols is 1. The molecular weight excluding hydrogens is 281 g/mol. The molecule has 0 radical (unpaired) electrons. The maximum absolute atomic E-state index is 12.3. The summed E-state index contributed by atoms with van der Waals surface area (Å²) >= 11 is 5.74. The summed E-state index contributed by atoms with van der Waals surface area (Å²) in [6.45, 7) is 0. The second kappa shape index (κ2) is 5.01. The van der Waals surface area contributed by atoms with Crippen molar-refractivity contribution in [2.75, 3.05) is 0 Å². The number of benzene rings is 2. The number of hydrogen-bond donors (Lipinski definition) is 1. The third kappa shape index (κ3) is 3.32. The van der Waals surface area contributed by atoms with Crippen LogP contribution in [-0.2, 0) is 0 Å². The van der Waals surface area contributed by atoms with Gasteiger partial charge in [0.2, 0.25) is 0 Å². The number of phenolic OH excluding ortho intramolecular Hbond substituents is 1. The van der Waals surface area contributed by atoms with Crippen LogP contribution >= 0.6 is 11.6 Å². The summed E-state index contributed by atoms with van der Waals surface area (Å²) in [7, 11) is 0. The number of ether oxygens (including phenoxy) is 1. The zero-order valence-corrected chi connectivity index (χ0v) is 10.2. The van der Waals surface area contributed by atoms with Gasteiger partial charge in [-0.1, -0.05) is 35.9 Å². The Bertz CT molecular complexity index is 597. The van der Waals surface area contributed by atoms with Crippen molar-refractivity contribution in [3.05, 3.63) is 47.5 Å². The minimum atomic E-state index is -4.77. The monoisotopic (exact) mass is 288 g/mol. The number of aromatic hydroxyl groups is 1. The molecule has 0 aliphatic rings. The van der Waals surface area contributed by atoms with E-state index in [4.69, 9.17) is 11.6 Å². The number of alkyl halides is 3. The Morgan fingerprint density at radius 1 is 1.05 bits per heavy atom. The standard InChI is InChI=1S/C13H8ClF3O2/c14-10-7-8(5-6-11(10)18)9-3-1-2-4-12(9)19-13(15,16)17/h1-7,18H. The van der Waals surface area contributed by atoms with Gasteiger partial charge in [-0.25, -0.2) is 0 Å². The van der Waals surface area contributed by atoms with E-state index in [1.807, 2.05) is 0 Å². The molecule has 0 saturated carbocycles. The average Bonchev–Trinajstić information content (AvgIpc) is 2.31. The molecule has 6 heteroatoms. The quantitative estimate of drug-likeness (QED) is 0.874. The molecule has 2 aromatic carbocycles. The summed E-state index contributed by atoms with van der Waals surface area (Å²) in [5.74, 6) is -0.462. The molecule has 0 amide bonds. The molecule has 0 spiro atoms. The Morgan fingerprint density at radius 2 is 1.74 bits per heavy atom. The van der Waals surface area contributed by atoms with E-state index in [2.05, 4.69) is 4.74 Å². The summed E-state index contributed by atoms with van der Waals surface area (Å²) < 4.78 is 40.8. The molecule has 0 aromatic heterocycles. The molecule has 2 nitrogen and oxygen atoms in total. The zero-order valence-electron chi connectivity index (χ0n) is 9.41. The highest BCUT2D eigenvalue weighted by atomic mass is 35.5. The first-order valence-electron chi connectivity index (χ1n) is 5.20. The summed E-state index contributed by atoms with van der Waals surface area (Å²) in [4.78, 5) is 0. The van der Waals surface area contributed by atoms with Crippen LogP contribution in [0.1, 0.15) is 0 Å². The molecule has 2 rings (SSSR count). The first kappa shape index (κ1) is 13.5. The Kier molecular flexibility index (Phi) is 3.57. The third-order valence-electron chi connectivity index (χ3n) is 2.37. The molecule has 0 aliphatic heterocycles. The molecule has 100 valence electrons. The first-order valence-corrected chi connectivity index (χ1v) is 5.58. The largest absolute Gasteiger partial charge is 0.573 e. The summed E-state index contributed by atoms with van der Waals surface area (Å²) in [5, 5.41) is 9.36. The number of rotatable bonds is 2. The molecule has 0 atom stereocenters. The maximum Gasteiger partial charge on any atom is 0.573 e. The van der Waals surface area contributed by atoms with Crippen molar-refractivity contribution in [2.45, 2.75) is 6.36 Å². The van der Waals surface area contributed by atoms with E-state index in [0.29, 0.717) is 5.56 Å². The Morgan fingerprint density at radius 3 is 2.37 bits per heavy atom. The van der Waals surface area contributed by atoms with Crippen LogP contribution in [0.25, 0.3) is 11.1 Å². The van der Waals surface area contributed by atoms with Gasteiger partial charge in [-0.15, -0.1) is 13.2 Å². The SMILES string of the molecule is Oc1ccc(-c2ccccc2OC(F)(F)F)cc1Cl. The maximum atomic E-state index is 12.3. The van der Waals surface area contributed by atoms with Gasteiger partial charge in [0.05, 0.1) is 5.02 Å². The number of halogens is 4. The fraction of sp³-hybridized carbons (Fsp3) is 0.0769. The van der Waals surface area contributed by atoms with E-state index in [9.17, 15) is 18.3 Å². The summed E-state index contributed by atoms with van der Waals surface area (Å²) in [6, 6.07) is 9.84. The van der Waals surface area contributed by atoms with Crippen molar-refractivity contribution < 1.29 is 23.0 Å². The Balaban J connectivity index is 2.47. The summed E-state index contributed by atoms with van der Waals surface area (Å²) in [6.07, 6.45) is -4.77. The van der Waals surface area contributed by atoms with E-state index < -0.39 is 6.36 Å². The van der Waals surface area contributed by atoms with Crippen molar-refractivity contribution in [2.24, 2.45) is 0 Å². The topological polar surface area (TPSA) is 29.5 Å². The van der Waals surface area contributed by atoms with Gasteiger partial charge in [0.15, 0.2) is 0 Å². The van der Waals surface area contributed by atoms with Gasteiger partial charge in [0.1, 0.15) is 11.5 Å². The zero-order chi connectivity index (χ0) is 14.0. The van der Waals surface area contributed by atoms with E-state index in [1.54, 1.807) is 6.07 Å². The van der Waals surface area contributed by atoms with Crippen molar-refractivity contribution in [1.29, 1.82) is 0 Å². The molecule has 0 bridgehead atoms. The van der Waals surface area contributed by atoms with Gasteiger partial charge in [-0.3, -0.25) is 0 Å². The van der Waals surface area contributed by atoms with Crippen molar-refractivity contribution in [1.82, 2.24) is 0 Å². The lowest BCUT2D eigenvalue weighted by molar-refractivity contribution is -0.274. The van der Waals surface area contributed by atoms with Crippen LogP contribution in [-0.4, -0.2) is 11.5 Å². The van der Waals surface area contributed by atoms with E-state index in [-0.39, 0.29) is 22.1 Å². The number of para-hydroxylation sites is 1. The predicted molar refractivity (Wildman–Crippen MR) is 65.2 cm³/mol. The predicted octanol–water partition coefficient (Wildman–Crippen LogP) is 4.61. The van der Waals surface area contributed by atoms with Crippen LogP contribution in [0.4, 0.5) is 13.2 Å². The highest BCUT2D eigenvalue weighted by Gasteiger charge is 2.32. The molecule has 2 aromatic rings. The third-order valence-corrected chi connectivity index (χ3v) is 2.67. The highest BCUT2D eigenvalue weighted by Crippen LogP contribution is 2.36. The number of hydrogen-bond acceptors (Lipinski definition) is 2. The van der Waals surface area contributed by atoms with Crippen LogP contribution in [0.5, 0.6) is 11.5 Å². The van der Waals surface area contributed by atoms with Crippen molar-refractivity contribution in [3.63, 3.8) is 0 Å². The smallest absolute Gasteiger partial charge is 0.506 e. The molecule has 19 heavy (non-hydrogen) atoms. The van der Waals surface area contributed by atoms with Crippen LogP contribution in [0, 0.1) is 0 Å². The minimum absolute atomic E-state index is 0.0549. The van der Waals surface area contributed by atoms with E-state index in [0.717, 1.165) is 0 Å². The summed E-state index contributed by atoms with van der Waals surface area (Å²) in [5.41, 5.74) is 0.657. The fourth-order valence-corrected chi connectivity index (χ4v) is 1.77. The molecule has 0 unspecified atom stereocenters. The van der Waals surface area contributed by atoms with Gasteiger partial charge in [-0.2, -0.15) is 0 Å². The van der Waals surface area contributed by atoms with Crippen LogP contribution in [0.3, 0.4) is 0 Å². The molecule has 1 N–H and O–H groups in total. The second-order valence-electron chi connectivity index (χ2n) is 3.71. The minimum Gasteiger partial charge on any atom is -0.506 e. The molecule has 0 fully saturated rings. The van der Waals surface area contributed by atoms with Crippen molar-refractivity contribution >= 4 is 11.6 Å². The van der Waals surface area contributed by atoms with Gasteiger partial charge < -0.3 is 9.84 Å². The lowest BCUT2D eigenvalue weighted by Gasteiger charge is -2.13. The van der Waals surface area contributed by atoms with Gasteiger partial charge in [-0.05, 0) is 23.8 Å². The molecular formula is C13H8ClF3O2. The van der Waals surface area contributed by atoms with Crippen LogP contribution in [0.2, 0.25) is 5.02 Å². The Labute approximate surface area is 112 Å². The molecule has 0 saturated heterocycles.